The van der Waals surface area contributed by atoms with E-state index in [1.807, 2.05) is 12.5 Å². The number of hydrogen-bond acceptors (Lipinski definition) is 2. The van der Waals surface area contributed by atoms with Crippen LogP contribution < -0.4 is 5.32 Å². The molecule has 3 heteroatoms. The van der Waals surface area contributed by atoms with Gasteiger partial charge in [-0.1, -0.05) is 32.0 Å². The Hall–Kier alpha value is -1.77. The minimum atomic E-state index is 0.532. The number of benzene rings is 1. The summed E-state index contributed by atoms with van der Waals surface area (Å²) in [4.78, 5) is 4.19. The molecule has 1 aromatic heterocycles. The van der Waals surface area contributed by atoms with E-state index >= 15 is 0 Å². The summed E-state index contributed by atoms with van der Waals surface area (Å²) in [6.07, 6.45) is 3.81. The molecule has 0 aliphatic heterocycles. The van der Waals surface area contributed by atoms with E-state index in [0.29, 0.717) is 5.92 Å². The third kappa shape index (κ3) is 2.73. The van der Waals surface area contributed by atoms with Crippen molar-refractivity contribution in [3.05, 3.63) is 48.0 Å². The standard InChI is InChI=1S/C15H21N3/c1-4-18-11-16-9-13(18)10-17-15-8-6-5-7-14(15)12(2)3/h5-9,11-12,17H,4,10H2,1-3H3. The van der Waals surface area contributed by atoms with E-state index in [-0.39, 0.29) is 0 Å². The number of rotatable bonds is 5. The van der Waals surface area contributed by atoms with Gasteiger partial charge in [0.25, 0.3) is 0 Å². The lowest BCUT2D eigenvalue weighted by molar-refractivity contribution is 0.719. The number of aryl methyl sites for hydroxylation is 1. The van der Waals surface area contributed by atoms with Gasteiger partial charge in [-0.3, -0.25) is 0 Å². The second kappa shape index (κ2) is 5.71. The molecule has 0 aliphatic rings. The van der Waals surface area contributed by atoms with E-state index in [1.165, 1.54) is 16.9 Å². The minimum absolute atomic E-state index is 0.532. The first kappa shape index (κ1) is 12.7. The normalized spacial score (nSPS) is 10.9. The van der Waals surface area contributed by atoms with Crippen molar-refractivity contribution in [3.8, 4) is 0 Å². The Kier molecular flexibility index (Phi) is 4.03. The summed E-state index contributed by atoms with van der Waals surface area (Å²) >= 11 is 0. The SMILES string of the molecule is CCn1cncc1CNc1ccccc1C(C)C. The number of hydrogen-bond donors (Lipinski definition) is 1. The van der Waals surface area contributed by atoms with Gasteiger partial charge >= 0.3 is 0 Å². The van der Waals surface area contributed by atoms with Gasteiger partial charge in [-0.05, 0) is 24.5 Å². The molecule has 1 heterocycles. The Bertz CT molecular complexity index is 500. The molecule has 2 rings (SSSR count). The van der Waals surface area contributed by atoms with Gasteiger partial charge in [0.05, 0.1) is 18.6 Å². The topological polar surface area (TPSA) is 29.9 Å². The van der Waals surface area contributed by atoms with Gasteiger partial charge in [0.1, 0.15) is 0 Å². The average molecular weight is 243 g/mol. The van der Waals surface area contributed by atoms with Gasteiger partial charge in [0.2, 0.25) is 0 Å². The van der Waals surface area contributed by atoms with Crippen LogP contribution in [0.4, 0.5) is 5.69 Å². The Morgan fingerprint density at radius 3 is 2.78 bits per heavy atom. The van der Waals surface area contributed by atoms with Crippen molar-refractivity contribution in [1.82, 2.24) is 9.55 Å². The van der Waals surface area contributed by atoms with Crippen LogP contribution in [0, 0.1) is 0 Å². The summed E-state index contributed by atoms with van der Waals surface area (Å²) in [6.45, 7) is 8.35. The van der Waals surface area contributed by atoms with E-state index in [9.17, 15) is 0 Å². The summed E-state index contributed by atoms with van der Waals surface area (Å²) in [6, 6.07) is 8.49. The quantitative estimate of drug-likeness (QED) is 0.869. The molecule has 0 saturated heterocycles. The second-order valence-corrected chi connectivity index (χ2v) is 4.77. The summed E-state index contributed by atoms with van der Waals surface area (Å²) in [5, 5.41) is 3.51. The first-order valence-electron chi connectivity index (χ1n) is 6.54. The average Bonchev–Trinajstić information content (AvgIpc) is 2.84. The fourth-order valence-electron chi connectivity index (χ4n) is 2.13. The molecule has 96 valence electrons. The van der Waals surface area contributed by atoms with E-state index in [2.05, 4.69) is 59.9 Å². The predicted molar refractivity (Wildman–Crippen MR) is 75.8 cm³/mol. The number of nitrogens with zero attached hydrogens (tertiary/aromatic N) is 2. The summed E-state index contributed by atoms with van der Waals surface area (Å²) < 4.78 is 2.16. The highest BCUT2D eigenvalue weighted by molar-refractivity contribution is 5.52. The lowest BCUT2D eigenvalue weighted by Gasteiger charge is -2.15. The number of para-hydroxylation sites is 1. The lowest BCUT2D eigenvalue weighted by Crippen LogP contribution is -2.07. The van der Waals surface area contributed by atoms with E-state index < -0.39 is 0 Å². The third-order valence-electron chi connectivity index (χ3n) is 3.18. The molecule has 1 aromatic carbocycles. The first-order chi connectivity index (χ1) is 8.72. The zero-order valence-corrected chi connectivity index (χ0v) is 11.4. The molecular weight excluding hydrogens is 222 g/mol. The van der Waals surface area contributed by atoms with E-state index in [0.717, 1.165) is 13.1 Å². The molecule has 0 radical (unpaired) electrons. The molecule has 2 aromatic rings. The van der Waals surface area contributed by atoms with Crippen molar-refractivity contribution >= 4 is 5.69 Å². The highest BCUT2D eigenvalue weighted by Gasteiger charge is 2.06. The lowest BCUT2D eigenvalue weighted by atomic mass is 10.0. The van der Waals surface area contributed by atoms with Gasteiger partial charge < -0.3 is 9.88 Å². The van der Waals surface area contributed by atoms with Gasteiger partial charge in [-0.25, -0.2) is 4.98 Å². The van der Waals surface area contributed by atoms with Crippen molar-refractivity contribution in [2.75, 3.05) is 5.32 Å². The van der Waals surface area contributed by atoms with E-state index in [1.54, 1.807) is 0 Å². The zero-order valence-electron chi connectivity index (χ0n) is 11.4. The van der Waals surface area contributed by atoms with Crippen molar-refractivity contribution in [2.45, 2.75) is 39.8 Å². The molecule has 0 aliphatic carbocycles. The maximum absolute atomic E-state index is 4.19. The van der Waals surface area contributed by atoms with Crippen LogP contribution in [-0.2, 0) is 13.1 Å². The molecule has 0 fully saturated rings. The van der Waals surface area contributed by atoms with Gasteiger partial charge in [-0.15, -0.1) is 0 Å². The fourth-order valence-corrected chi connectivity index (χ4v) is 2.13. The Morgan fingerprint density at radius 1 is 1.28 bits per heavy atom. The van der Waals surface area contributed by atoms with Crippen LogP contribution in [-0.4, -0.2) is 9.55 Å². The van der Waals surface area contributed by atoms with Crippen LogP contribution in [0.15, 0.2) is 36.8 Å². The largest absolute Gasteiger partial charge is 0.379 e. The minimum Gasteiger partial charge on any atom is -0.379 e. The maximum atomic E-state index is 4.19. The van der Waals surface area contributed by atoms with Crippen LogP contribution in [0.5, 0.6) is 0 Å². The first-order valence-corrected chi connectivity index (χ1v) is 6.54. The predicted octanol–water partition coefficient (Wildman–Crippen LogP) is 3.64. The highest BCUT2D eigenvalue weighted by Crippen LogP contribution is 2.24. The molecule has 0 spiro atoms. The second-order valence-electron chi connectivity index (χ2n) is 4.77. The van der Waals surface area contributed by atoms with Crippen LogP contribution in [0.1, 0.15) is 37.9 Å². The molecular formula is C15H21N3. The Labute approximate surface area is 109 Å². The molecule has 0 atom stereocenters. The van der Waals surface area contributed by atoms with Gasteiger partial charge in [-0.2, -0.15) is 0 Å². The van der Waals surface area contributed by atoms with Crippen LogP contribution in [0.2, 0.25) is 0 Å². The van der Waals surface area contributed by atoms with Crippen molar-refractivity contribution < 1.29 is 0 Å². The molecule has 0 amide bonds. The Morgan fingerprint density at radius 2 is 2.06 bits per heavy atom. The summed E-state index contributed by atoms with van der Waals surface area (Å²) in [7, 11) is 0. The van der Waals surface area contributed by atoms with Crippen LogP contribution in [0.3, 0.4) is 0 Å². The van der Waals surface area contributed by atoms with Crippen LogP contribution >= 0.6 is 0 Å². The smallest absolute Gasteiger partial charge is 0.0948 e. The monoisotopic (exact) mass is 243 g/mol. The third-order valence-corrected chi connectivity index (χ3v) is 3.18. The summed E-state index contributed by atoms with van der Waals surface area (Å²) in [5.41, 5.74) is 3.80. The molecule has 1 N–H and O–H groups in total. The van der Waals surface area contributed by atoms with Crippen molar-refractivity contribution in [1.29, 1.82) is 0 Å². The number of aromatic nitrogens is 2. The molecule has 0 saturated carbocycles. The van der Waals surface area contributed by atoms with Crippen molar-refractivity contribution in [2.24, 2.45) is 0 Å². The van der Waals surface area contributed by atoms with E-state index in [4.69, 9.17) is 0 Å². The molecule has 0 unspecified atom stereocenters. The molecule has 3 nitrogen and oxygen atoms in total. The maximum Gasteiger partial charge on any atom is 0.0948 e. The van der Waals surface area contributed by atoms with Gasteiger partial charge in [0, 0.05) is 18.4 Å². The van der Waals surface area contributed by atoms with Crippen molar-refractivity contribution in [3.63, 3.8) is 0 Å². The molecule has 0 bridgehead atoms. The summed E-state index contributed by atoms with van der Waals surface area (Å²) in [5.74, 6) is 0.532. The fraction of sp³-hybridized carbons (Fsp3) is 0.400. The van der Waals surface area contributed by atoms with Gasteiger partial charge in [0.15, 0.2) is 0 Å². The van der Waals surface area contributed by atoms with Crippen LogP contribution in [0.25, 0.3) is 0 Å². The molecule has 18 heavy (non-hydrogen) atoms. The number of imidazole rings is 1. The Balaban J connectivity index is 2.11. The zero-order chi connectivity index (χ0) is 13.0. The number of anilines is 1. The number of nitrogens with one attached hydrogen (secondary N) is 1. The highest BCUT2D eigenvalue weighted by atomic mass is 15.1.